The van der Waals surface area contributed by atoms with Crippen LogP contribution in [0.3, 0.4) is 0 Å². The molecular formula is C18H13FN4O. The highest BCUT2D eigenvalue weighted by molar-refractivity contribution is 5.63. The number of aromatic nitrogens is 2. The molecule has 1 N–H and O–H groups in total. The Kier molecular flexibility index (Phi) is 4.34. The molecule has 3 rings (SSSR count). The van der Waals surface area contributed by atoms with Crippen LogP contribution in [0, 0.1) is 17.1 Å². The summed E-state index contributed by atoms with van der Waals surface area (Å²) in [6.07, 6.45) is 1.60. The molecule has 2 aromatic carbocycles. The predicted molar refractivity (Wildman–Crippen MR) is 88.4 cm³/mol. The quantitative estimate of drug-likeness (QED) is 0.789. The van der Waals surface area contributed by atoms with E-state index in [4.69, 9.17) is 10.00 Å². The summed E-state index contributed by atoms with van der Waals surface area (Å²) < 4.78 is 18.6. The molecule has 0 unspecified atom stereocenters. The number of ether oxygens (including phenoxy) is 1. The highest BCUT2D eigenvalue weighted by atomic mass is 19.1. The van der Waals surface area contributed by atoms with Crippen LogP contribution in [0.4, 0.5) is 16.0 Å². The van der Waals surface area contributed by atoms with Gasteiger partial charge in [-0.3, -0.25) is 0 Å². The zero-order valence-corrected chi connectivity index (χ0v) is 12.8. The number of methoxy groups -OCH3 is 1. The summed E-state index contributed by atoms with van der Waals surface area (Å²) in [6, 6.07) is 15.5. The van der Waals surface area contributed by atoms with Gasteiger partial charge in [0.2, 0.25) is 5.95 Å². The Morgan fingerprint density at radius 3 is 2.79 bits per heavy atom. The lowest BCUT2D eigenvalue weighted by Crippen LogP contribution is -1.99. The monoisotopic (exact) mass is 320 g/mol. The molecule has 3 aromatic rings. The number of hydrogen-bond acceptors (Lipinski definition) is 5. The maximum atomic E-state index is 13.7. The molecule has 0 spiro atoms. The van der Waals surface area contributed by atoms with E-state index in [0.29, 0.717) is 22.9 Å². The number of nitrogens with one attached hydrogen (secondary N) is 1. The summed E-state index contributed by atoms with van der Waals surface area (Å²) in [5.74, 6) is 0.0309. The molecule has 0 aliphatic heterocycles. The number of rotatable bonds is 4. The van der Waals surface area contributed by atoms with E-state index in [1.165, 1.54) is 19.2 Å². The topological polar surface area (TPSA) is 70.8 Å². The van der Waals surface area contributed by atoms with E-state index in [0.717, 1.165) is 5.56 Å². The maximum absolute atomic E-state index is 13.7. The highest BCUT2D eigenvalue weighted by Gasteiger charge is 2.06. The van der Waals surface area contributed by atoms with Gasteiger partial charge in [0.15, 0.2) is 11.6 Å². The highest BCUT2D eigenvalue weighted by Crippen LogP contribution is 2.24. The van der Waals surface area contributed by atoms with E-state index in [2.05, 4.69) is 21.4 Å². The van der Waals surface area contributed by atoms with Gasteiger partial charge in [-0.25, -0.2) is 14.4 Å². The van der Waals surface area contributed by atoms with Gasteiger partial charge in [0.25, 0.3) is 0 Å². The lowest BCUT2D eigenvalue weighted by atomic mass is 10.1. The fourth-order valence-corrected chi connectivity index (χ4v) is 2.20. The molecular weight excluding hydrogens is 307 g/mol. The van der Waals surface area contributed by atoms with Gasteiger partial charge < -0.3 is 10.1 Å². The van der Waals surface area contributed by atoms with Crippen LogP contribution in [-0.4, -0.2) is 17.1 Å². The minimum atomic E-state index is -0.472. The van der Waals surface area contributed by atoms with Crippen molar-refractivity contribution in [3.8, 4) is 23.1 Å². The minimum absolute atomic E-state index is 0.170. The average molecular weight is 320 g/mol. The van der Waals surface area contributed by atoms with E-state index in [1.807, 2.05) is 6.07 Å². The molecule has 118 valence electrons. The zero-order chi connectivity index (χ0) is 16.9. The Bertz CT molecular complexity index is 921. The van der Waals surface area contributed by atoms with E-state index < -0.39 is 5.82 Å². The van der Waals surface area contributed by atoms with Crippen LogP contribution < -0.4 is 10.1 Å². The number of anilines is 2. The average Bonchev–Trinajstić information content (AvgIpc) is 2.62. The molecule has 0 bridgehead atoms. The molecule has 0 amide bonds. The van der Waals surface area contributed by atoms with Gasteiger partial charge in [-0.1, -0.05) is 12.1 Å². The van der Waals surface area contributed by atoms with Crippen molar-refractivity contribution in [2.45, 2.75) is 0 Å². The molecule has 0 fully saturated rings. The number of nitriles is 1. The second-order valence-electron chi connectivity index (χ2n) is 4.93. The van der Waals surface area contributed by atoms with Gasteiger partial charge in [0.05, 0.1) is 24.4 Å². The van der Waals surface area contributed by atoms with Gasteiger partial charge in [-0.15, -0.1) is 0 Å². The molecule has 0 aliphatic rings. The van der Waals surface area contributed by atoms with Crippen LogP contribution >= 0.6 is 0 Å². The fourth-order valence-electron chi connectivity index (χ4n) is 2.20. The van der Waals surface area contributed by atoms with Crippen molar-refractivity contribution in [1.29, 1.82) is 5.26 Å². The first-order valence-corrected chi connectivity index (χ1v) is 7.14. The van der Waals surface area contributed by atoms with Gasteiger partial charge in [-0.2, -0.15) is 5.26 Å². The Labute approximate surface area is 138 Å². The van der Waals surface area contributed by atoms with Crippen LogP contribution in [0.25, 0.3) is 11.3 Å². The van der Waals surface area contributed by atoms with Crippen molar-refractivity contribution in [2.75, 3.05) is 12.4 Å². The molecule has 0 aliphatic carbocycles. The van der Waals surface area contributed by atoms with Gasteiger partial charge in [0.1, 0.15) is 0 Å². The summed E-state index contributed by atoms with van der Waals surface area (Å²) in [6.45, 7) is 0. The van der Waals surface area contributed by atoms with E-state index in [1.54, 1.807) is 36.5 Å². The third kappa shape index (κ3) is 3.31. The molecule has 1 aromatic heterocycles. The zero-order valence-electron chi connectivity index (χ0n) is 12.8. The summed E-state index contributed by atoms with van der Waals surface area (Å²) in [5.41, 5.74) is 2.54. The van der Waals surface area contributed by atoms with Gasteiger partial charge in [-0.05, 0) is 30.3 Å². The maximum Gasteiger partial charge on any atom is 0.227 e. The van der Waals surface area contributed by atoms with Crippen LogP contribution in [-0.2, 0) is 0 Å². The molecule has 1 heterocycles. The Morgan fingerprint density at radius 1 is 1.17 bits per heavy atom. The Balaban J connectivity index is 1.88. The van der Waals surface area contributed by atoms with E-state index in [9.17, 15) is 4.39 Å². The van der Waals surface area contributed by atoms with E-state index >= 15 is 0 Å². The Morgan fingerprint density at radius 2 is 2.04 bits per heavy atom. The lowest BCUT2D eigenvalue weighted by molar-refractivity contribution is 0.386. The normalized spacial score (nSPS) is 10.0. The van der Waals surface area contributed by atoms with Crippen LogP contribution in [0.15, 0.2) is 54.7 Å². The van der Waals surface area contributed by atoms with Crippen LogP contribution in [0.1, 0.15) is 5.56 Å². The molecule has 0 saturated heterocycles. The standard InChI is InChI=1S/C18H13FN4O/c1-24-17-6-5-14(10-15(17)19)22-18-21-8-7-16(23-18)13-4-2-3-12(9-13)11-20/h2-10H,1H3,(H,21,22,23). The third-order valence-electron chi connectivity index (χ3n) is 3.35. The van der Waals surface area contributed by atoms with Crippen molar-refractivity contribution in [3.63, 3.8) is 0 Å². The van der Waals surface area contributed by atoms with Crippen molar-refractivity contribution < 1.29 is 9.13 Å². The number of nitrogens with zero attached hydrogens (tertiary/aromatic N) is 3. The number of hydrogen-bond donors (Lipinski definition) is 1. The van der Waals surface area contributed by atoms with Crippen molar-refractivity contribution in [1.82, 2.24) is 9.97 Å². The molecule has 0 atom stereocenters. The molecule has 0 saturated carbocycles. The number of benzene rings is 2. The lowest BCUT2D eigenvalue weighted by Gasteiger charge is -2.08. The van der Waals surface area contributed by atoms with E-state index in [-0.39, 0.29) is 5.75 Å². The second kappa shape index (κ2) is 6.75. The third-order valence-corrected chi connectivity index (χ3v) is 3.35. The summed E-state index contributed by atoms with van der Waals surface area (Å²) in [7, 11) is 1.41. The molecule has 24 heavy (non-hydrogen) atoms. The number of halogens is 1. The second-order valence-corrected chi connectivity index (χ2v) is 4.93. The van der Waals surface area contributed by atoms with Crippen LogP contribution in [0.2, 0.25) is 0 Å². The summed E-state index contributed by atoms with van der Waals surface area (Å²) >= 11 is 0. The van der Waals surface area contributed by atoms with Gasteiger partial charge >= 0.3 is 0 Å². The van der Waals surface area contributed by atoms with Crippen molar-refractivity contribution in [3.05, 3.63) is 66.1 Å². The van der Waals surface area contributed by atoms with Crippen LogP contribution in [0.5, 0.6) is 5.75 Å². The molecule has 0 radical (unpaired) electrons. The first-order chi connectivity index (χ1) is 11.7. The minimum Gasteiger partial charge on any atom is -0.494 e. The predicted octanol–water partition coefficient (Wildman–Crippen LogP) is 3.91. The largest absolute Gasteiger partial charge is 0.494 e. The van der Waals surface area contributed by atoms with Crippen molar-refractivity contribution in [2.24, 2.45) is 0 Å². The Hall–Kier alpha value is -3.46. The molecule has 5 nitrogen and oxygen atoms in total. The first-order valence-electron chi connectivity index (χ1n) is 7.14. The summed E-state index contributed by atoms with van der Waals surface area (Å²) in [5, 5.41) is 11.9. The van der Waals surface area contributed by atoms with Crippen molar-refractivity contribution >= 4 is 11.6 Å². The molecule has 6 heteroatoms. The van der Waals surface area contributed by atoms with Gasteiger partial charge in [0, 0.05) is 23.5 Å². The first kappa shape index (κ1) is 15.4. The smallest absolute Gasteiger partial charge is 0.227 e. The SMILES string of the molecule is COc1ccc(Nc2nccc(-c3cccc(C#N)c3)n2)cc1F. The fraction of sp³-hybridized carbons (Fsp3) is 0.0556. The summed E-state index contributed by atoms with van der Waals surface area (Å²) in [4.78, 5) is 8.53.